The summed E-state index contributed by atoms with van der Waals surface area (Å²) in [5.41, 5.74) is 3.34. The van der Waals surface area contributed by atoms with Crippen molar-refractivity contribution in [3.63, 3.8) is 0 Å². The molecule has 7 nitrogen and oxygen atoms in total. The highest BCUT2D eigenvalue weighted by atomic mass is 16.1. The Balaban J connectivity index is 1.38. The van der Waals surface area contributed by atoms with Gasteiger partial charge in [0.2, 0.25) is 0 Å². The number of likely N-dealkylation sites (N-methyl/N-ethyl adjacent to an activating group) is 1. The smallest absolute Gasteiger partial charge is 0.257 e. The lowest BCUT2D eigenvalue weighted by Crippen LogP contribution is -2.43. The number of nitrogens with zero attached hydrogens (tertiary/aromatic N) is 5. The van der Waals surface area contributed by atoms with Gasteiger partial charge in [-0.3, -0.25) is 14.1 Å². The lowest BCUT2D eigenvalue weighted by atomic mass is 10.1. The minimum atomic E-state index is -0.146. The average molecular weight is 350 g/mol. The van der Waals surface area contributed by atoms with E-state index in [1.165, 1.54) is 5.56 Å². The SMILES string of the molecule is CN1CCN(Cc2ccc(NC(=O)c3ccc4nncn4c3)cc2)CC1. The molecule has 1 N–H and O–H groups in total. The Morgan fingerprint density at radius 1 is 1.08 bits per heavy atom. The minimum Gasteiger partial charge on any atom is -0.322 e. The summed E-state index contributed by atoms with van der Waals surface area (Å²) in [6.07, 6.45) is 3.31. The molecule has 1 saturated heterocycles. The van der Waals surface area contributed by atoms with Crippen LogP contribution in [0, 0.1) is 0 Å². The van der Waals surface area contributed by atoms with Crippen molar-refractivity contribution in [2.24, 2.45) is 0 Å². The van der Waals surface area contributed by atoms with Crippen molar-refractivity contribution in [1.82, 2.24) is 24.4 Å². The van der Waals surface area contributed by atoms with Crippen molar-refractivity contribution in [2.45, 2.75) is 6.54 Å². The summed E-state index contributed by atoms with van der Waals surface area (Å²) in [5, 5.41) is 10.7. The molecule has 134 valence electrons. The maximum absolute atomic E-state index is 12.4. The summed E-state index contributed by atoms with van der Waals surface area (Å²) < 4.78 is 1.73. The van der Waals surface area contributed by atoms with Gasteiger partial charge in [0.1, 0.15) is 6.33 Å². The molecule has 0 atom stereocenters. The van der Waals surface area contributed by atoms with E-state index in [9.17, 15) is 4.79 Å². The highest BCUT2D eigenvalue weighted by Gasteiger charge is 2.14. The molecule has 1 aliphatic heterocycles. The molecule has 26 heavy (non-hydrogen) atoms. The van der Waals surface area contributed by atoms with Gasteiger partial charge >= 0.3 is 0 Å². The van der Waals surface area contributed by atoms with Gasteiger partial charge in [-0.05, 0) is 36.9 Å². The molecule has 1 fully saturated rings. The fourth-order valence-corrected chi connectivity index (χ4v) is 3.12. The van der Waals surface area contributed by atoms with Gasteiger partial charge in [0.15, 0.2) is 5.65 Å². The number of fused-ring (bicyclic) bond motifs is 1. The number of rotatable bonds is 4. The molecule has 1 aromatic carbocycles. The normalized spacial score (nSPS) is 16.0. The van der Waals surface area contributed by atoms with E-state index in [-0.39, 0.29) is 5.91 Å². The van der Waals surface area contributed by atoms with Crippen LogP contribution in [0.3, 0.4) is 0 Å². The molecule has 1 aliphatic rings. The number of hydrogen-bond acceptors (Lipinski definition) is 5. The summed E-state index contributed by atoms with van der Waals surface area (Å²) in [7, 11) is 2.16. The molecule has 3 heterocycles. The van der Waals surface area contributed by atoms with Gasteiger partial charge in [0, 0.05) is 44.6 Å². The molecule has 0 saturated carbocycles. The lowest BCUT2D eigenvalue weighted by Gasteiger charge is -2.32. The predicted molar refractivity (Wildman–Crippen MR) is 100 cm³/mol. The number of pyridine rings is 1. The monoisotopic (exact) mass is 350 g/mol. The molecule has 4 rings (SSSR count). The van der Waals surface area contributed by atoms with Crippen molar-refractivity contribution in [1.29, 1.82) is 0 Å². The van der Waals surface area contributed by atoms with Crippen LogP contribution in [0.1, 0.15) is 15.9 Å². The van der Waals surface area contributed by atoms with E-state index in [1.54, 1.807) is 29.1 Å². The maximum Gasteiger partial charge on any atom is 0.257 e. The molecular weight excluding hydrogens is 328 g/mol. The van der Waals surface area contributed by atoms with Crippen molar-refractivity contribution in [3.8, 4) is 0 Å². The standard InChI is InChI=1S/C19H22N6O/c1-23-8-10-24(11-9-23)12-15-2-5-17(6-3-15)21-19(26)16-4-7-18-22-20-14-25(18)13-16/h2-7,13-14H,8-12H2,1H3,(H,21,26). The topological polar surface area (TPSA) is 65.8 Å². The van der Waals surface area contributed by atoms with Gasteiger partial charge in [-0.25, -0.2) is 0 Å². The zero-order valence-corrected chi connectivity index (χ0v) is 14.8. The number of hydrogen-bond donors (Lipinski definition) is 1. The van der Waals surface area contributed by atoms with E-state index < -0.39 is 0 Å². The zero-order chi connectivity index (χ0) is 17.9. The predicted octanol–water partition coefficient (Wildman–Crippen LogP) is 1.73. The van der Waals surface area contributed by atoms with Crippen LogP contribution in [-0.4, -0.2) is 63.5 Å². The largest absolute Gasteiger partial charge is 0.322 e. The summed E-state index contributed by atoms with van der Waals surface area (Å²) in [5.74, 6) is -0.146. The Hall–Kier alpha value is -2.77. The number of carbonyl (C=O) groups is 1. The van der Waals surface area contributed by atoms with E-state index in [0.717, 1.165) is 44.1 Å². The first-order valence-corrected chi connectivity index (χ1v) is 8.78. The number of nitrogens with one attached hydrogen (secondary N) is 1. The molecule has 0 aliphatic carbocycles. The van der Waals surface area contributed by atoms with E-state index in [2.05, 4.69) is 44.5 Å². The van der Waals surface area contributed by atoms with Crippen LogP contribution in [0.5, 0.6) is 0 Å². The molecule has 3 aromatic rings. The zero-order valence-electron chi connectivity index (χ0n) is 14.8. The van der Waals surface area contributed by atoms with Crippen LogP contribution >= 0.6 is 0 Å². The fourth-order valence-electron chi connectivity index (χ4n) is 3.12. The molecule has 0 bridgehead atoms. The molecule has 0 spiro atoms. The molecule has 0 unspecified atom stereocenters. The molecule has 2 aromatic heterocycles. The number of anilines is 1. The first-order valence-electron chi connectivity index (χ1n) is 8.78. The Labute approximate surface area is 152 Å². The quantitative estimate of drug-likeness (QED) is 0.776. The first kappa shape index (κ1) is 16.7. The molecule has 7 heteroatoms. The van der Waals surface area contributed by atoms with Crippen molar-refractivity contribution < 1.29 is 4.79 Å². The number of benzene rings is 1. The van der Waals surface area contributed by atoms with E-state index >= 15 is 0 Å². The Morgan fingerprint density at radius 2 is 1.85 bits per heavy atom. The van der Waals surface area contributed by atoms with Gasteiger partial charge in [-0.2, -0.15) is 0 Å². The summed E-state index contributed by atoms with van der Waals surface area (Å²) >= 11 is 0. The van der Waals surface area contributed by atoms with Crippen molar-refractivity contribution >= 4 is 17.2 Å². The van der Waals surface area contributed by atoms with Crippen molar-refractivity contribution in [2.75, 3.05) is 38.5 Å². The fraction of sp³-hybridized carbons (Fsp3) is 0.316. The summed E-state index contributed by atoms with van der Waals surface area (Å²) in [4.78, 5) is 17.2. The number of aromatic nitrogens is 3. The summed E-state index contributed by atoms with van der Waals surface area (Å²) in [6.45, 7) is 5.38. The van der Waals surface area contributed by atoms with Crippen LogP contribution in [0.15, 0.2) is 48.9 Å². The second-order valence-electron chi connectivity index (χ2n) is 6.74. The molecule has 1 amide bonds. The number of amides is 1. The van der Waals surface area contributed by atoms with E-state index in [4.69, 9.17) is 0 Å². The van der Waals surface area contributed by atoms with Crippen LogP contribution in [-0.2, 0) is 6.54 Å². The highest BCUT2D eigenvalue weighted by molar-refractivity contribution is 6.04. The number of carbonyl (C=O) groups excluding carboxylic acids is 1. The minimum absolute atomic E-state index is 0.146. The third-order valence-corrected chi connectivity index (χ3v) is 4.77. The Kier molecular flexibility index (Phi) is 4.64. The van der Waals surface area contributed by atoms with Gasteiger partial charge < -0.3 is 10.2 Å². The van der Waals surface area contributed by atoms with Crippen molar-refractivity contribution in [3.05, 3.63) is 60.0 Å². The molecule has 0 radical (unpaired) electrons. The van der Waals surface area contributed by atoms with Gasteiger partial charge in [0.25, 0.3) is 5.91 Å². The van der Waals surface area contributed by atoms with E-state index in [1.807, 2.05) is 12.1 Å². The van der Waals surface area contributed by atoms with Crippen LogP contribution in [0.25, 0.3) is 5.65 Å². The maximum atomic E-state index is 12.4. The van der Waals surface area contributed by atoms with Crippen LogP contribution in [0.4, 0.5) is 5.69 Å². The number of piperazine rings is 1. The van der Waals surface area contributed by atoms with Gasteiger partial charge in [-0.1, -0.05) is 12.1 Å². The third-order valence-electron chi connectivity index (χ3n) is 4.77. The highest BCUT2D eigenvalue weighted by Crippen LogP contribution is 2.14. The lowest BCUT2D eigenvalue weighted by molar-refractivity contribution is 0.102. The average Bonchev–Trinajstić information content (AvgIpc) is 3.13. The Bertz CT molecular complexity index is 896. The van der Waals surface area contributed by atoms with Crippen LogP contribution in [0.2, 0.25) is 0 Å². The van der Waals surface area contributed by atoms with Gasteiger partial charge in [-0.15, -0.1) is 10.2 Å². The second-order valence-corrected chi connectivity index (χ2v) is 6.74. The van der Waals surface area contributed by atoms with Gasteiger partial charge in [0.05, 0.1) is 5.56 Å². The Morgan fingerprint density at radius 3 is 2.62 bits per heavy atom. The summed E-state index contributed by atoms with van der Waals surface area (Å²) in [6, 6.07) is 11.6. The van der Waals surface area contributed by atoms with E-state index in [0.29, 0.717) is 5.56 Å². The third kappa shape index (κ3) is 3.74. The molecular formula is C19H22N6O. The first-order chi connectivity index (χ1) is 12.7. The second kappa shape index (κ2) is 7.23. The van der Waals surface area contributed by atoms with Crippen LogP contribution < -0.4 is 5.32 Å².